The number of hydrogen-bond acceptors (Lipinski definition) is 7. The number of fused-ring (bicyclic) bond motifs is 4. The first-order valence-electron chi connectivity index (χ1n) is 12.2. The number of pyridine rings is 1. The van der Waals surface area contributed by atoms with E-state index < -0.39 is 0 Å². The first-order valence-corrected chi connectivity index (χ1v) is 12.2. The van der Waals surface area contributed by atoms with E-state index in [1.165, 1.54) is 16.8 Å². The smallest absolute Gasteiger partial charge is 0.101 e. The molecule has 4 heterocycles. The number of rotatable bonds is 3. The summed E-state index contributed by atoms with van der Waals surface area (Å²) in [6, 6.07) is 18.1. The van der Waals surface area contributed by atoms with Crippen molar-refractivity contribution in [2.45, 2.75) is 31.6 Å². The van der Waals surface area contributed by atoms with Crippen molar-refractivity contribution in [3.05, 3.63) is 65.4 Å². The van der Waals surface area contributed by atoms with Gasteiger partial charge in [-0.05, 0) is 54.4 Å². The standard InChI is InChI=1S/C27H30N6O/c1-18-14-31(25-7-4-19(12-28)27-24(25)3-2-8-30-27)16-26-23-6-5-21(11-20(23)15-33(18)26)32-10-9-29-13-22(32)17-34/h2-8,11,18,22,26,29,34H,9-10,13-17H2,1H3. The minimum Gasteiger partial charge on any atom is -0.394 e. The molecule has 0 saturated carbocycles. The van der Waals surface area contributed by atoms with Crippen molar-refractivity contribution in [1.82, 2.24) is 15.2 Å². The molecule has 7 heteroatoms. The van der Waals surface area contributed by atoms with Gasteiger partial charge >= 0.3 is 0 Å². The molecule has 2 saturated heterocycles. The lowest BCUT2D eigenvalue weighted by molar-refractivity contribution is 0.134. The fourth-order valence-corrected chi connectivity index (χ4v) is 6.08. The average molecular weight is 455 g/mol. The predicted molar refractivity (Wildman–Crippen MR) is 134 cm³/mol. The normalized spacial score (nSPS) is 24.7. The van der Waals surface area contributed by atoms with Crippen LogP contribution in [0.15, 0.2) is 48.7 Å². The summed E-state index contributed by atoms with van der Waals surface area (Å²) in [6.45, 7) is 7.99. The molecule has 3 unspecified atom stereocenters. The van der Waals surface area contributed by atoms with Gasteiger partial charge in [0.2, 0.25) is 0 Å². The van der Waals surface area contributed by atoms with Crippen LogP contribution in [0, 0.1) is 11.3 Å². The summed E-state index contributed by atoms with van der Waals surface area (Å²) in [5.74, 6) is 0. The lowest BCUT2D eigenvalue weighted by atomic mass is 9.99. The lowest BCUT2D eigenvalue weighted by Gasteiger charge is -2.44. The zero-order valence-corrected chi connectivity index (χ0v) is 19.5. The molecule has 2 N–H and O–H groups in total. The molecule has 3 aliphatic heterocycles. The molecule has 0 spiro atoms. The molecule has 34 heavy (non-hydrogen) atoms. The second-order valence-electron chi connectivity index (χ2n) is 9.70. The van der Waals surface area contributed by atoms with E-state index in [0.717, 1.165) is 55.9 Å². The van der Waals surface area contributed by atoms with E-state index in [4.69, 9.17) is 0 Å². The fourth-order valence-electron chi connectivity index (χ4n) is 6.08. The predicted octanol–water partition coefficient (Wildman–Crippen LogP) is 2.64. The van der Waals surface area contributed by atoms with Crippen LogP contribution in [0.3, 0.4) is 0 Å². The van der Waals surface area contributed by atoms with Crippen molar-refractivity contribution < 1.29 is 5.11 Å². The molecule has 0 aliphatic carbocycles. The van der Waals surface area contributed by atoms with Gasteiger partial charge in [0.05, 0.1) is 29.8 Å². The number of nitrogens with one attached hydrogen (secondary N) is 1. The molecule has 174 valence electrons. The Morgan fingerprint density at radius 2 is 2.12 bits per heavy atom. The van der Waals surface area contributed by atoms with Crippen LogP contribution in [0.1, 0.15) is 29.7 Å². The first kappa shape index (κ1) is 21.4. The highest BCUT2D eigenvalue weighted by Gasteiger charge is 2.39. The Morgan fingerprint density at radius 3 is 2.97 bits per heavy atom. The SMILES string of the molecule is CC1CN(c2ccc(C#N)c3ncccc23)CC2c3ccc(N4CCNCC4CO)cc3CN12. The summed E-state index contributed by atoms with van der Waals surface area (Å²) in [5.41, 5.74) is 6.59. The highest BCUT2D eigenvalue weighted by molar-refractivity contribution is 5.95. The average Bonchev–Trinajstić information content (AvgIpc) is 3.26. The van der Waals surface area contributed by atoms with Crippen LogP contribution >= 0.6 is 0 Å². The molecule has 3 aliphatic rings. The molecular weight excluding hydrogens is 424 g/mol. The monoisotopic (exact) mass is 454 g/mol. The zero-order chi connectivity index (χ0) is 23.2. The number of aliphatic hydroxyl groups is 1. The van der Waals surface area contributed by atoms with Crippen LogP contribution in [0.4, 0.5) is 11.4 Å². The van der Waals surface area contributed by atoms with Gasteiger partial charge in [0.1, 0.15) is 6.07 Å². The molecule has 1 aromatic heterocycles. The lowest BCUT2D eigenvalue weighted by Crippen LogP contribution is -2.53. The third kappa shape index (κ3) is 3.41. The molecule has 0 bridgehead atoms. The van der Waals surface area contributed by atoms with Gasteiger partial charge < -0.3 is 20.2 Å². The van der Waals surface area contributed by atoms with E-state index in [9.17, 15) is 10.4 Å². The largest absolute Gasteiger partial charge is 0.394 e. The van der Waals surface area contributed by atoms with Gasteiger partial charge in [-0.25, -0.2) is 0 Å². The van der Waals surface area contributed by atoms with Crippen molar-refractivity contribution in [1.29, 1.82) is 5.26 Å². The van der Waals surface area contributed by atoms with Gasteiger partial charge in [-0.1, -0.05) is 6.07 Å². The van der Waals surface area contributed by atoms with Crippen LogP contribution in [0.5, 0.6) is 0 Å². The van der Waals surface area contributed by atoms with Crippen molar-refractivity contribution in [3.63, 3.8) is 0 Å². The number of anilines is 2. The van der Waals surface area contributed by atoms with Crippen molar-refractivity contribution in [2.75, 3.05) is 49.1 Å². The van der Waals surface area contributed by atoms with Gasteiger partial charge in [0, 0.05) is 68.3 Å². The summed E-state index contributed by atoms with van der Waals surface area (Å²) in [4.78, 5) is 11.9. The molecule has 3 aromatic rings. The summed E-state index contributed by atoms with van der Waals surface area (Å²) >= 11 is 0. The van der Waals surface area contributed by atoms with Crippen LogP contribution < -0.4 is 15.1 Å². The van der Waals surface area contributed by atoms with E-state index in [-0.39, 0.29) is 12.6 Å². The number of piperazine rings is 2. The Balaban J connectivity index is 1.32. The number of nitriles is 1. The molecule has 3 atom stereocenters. The van der Waals surface area contributed by atoms with Crippen molar-refractivity contribution in [2.24, 2.45) is 0 Å². The van der Waals surface area contributed by atoms with Crippen molar-refractivity contribution in [3.8, 4) is 6.07 Å². The van der Waals surface area contributed by atoms with Gasteiger partial charge in [0.25, 0.3) is 0 Å². The maximum atomic E-state index is 9.85. The van der Waals surface area contributed by atoms with E-state index in [1.807, 2.05) is 12.1 Å². The van der Waals surface area contributed by atoms with E-state index >= 15 is 0 Å². The number of hydrogen-bond donors (Lipinski definition) is 2. The summed E-state index contributed by atoms with van der Waals surface area (Å²) in [7, 11) is 0. The molecule has 0 radical (unpaired) electrons. The first-order chi connectivity index (χ1) is 16.7. The van der Waals surface area contributed by atoms with Crippen molar-refractivity contribution >= 4 is 22.3 Å². The quantitative estimate of drug-likeness (QED) is 0.630. The Kier molecular flexibility index (Phi) is 5.37. The number of nitrogens with zero attached hydrogens (tertiary/aromatic N) is 5. The Labute approximate surface area is 200 Å². The van der Waals surface area contributed by atoms with Crippen LogP contribution in [-0.2, 0) is 6.54 Å². The highest BCUT2D eigenvalue weighted by atomic mass is 16.3. The summed E-state index contributed by atoms with van der Waals surface area (Å²) in [5, 5.41) is 23.8. The molecule has 0 amide bonds. The zero-order valence-electron chi connectivity index (χ0n) is 19.5. The van der Waals surface area contributed by atoms with Gasteiger partial charge in [-0.2, -0.15) is 5.26 Å². The fraction of sp³-hybridized carbons (Fsp3) is 0.407. The minimum absolute atomic E-state index is 0.128. The number of aromatic nitrogens is 1. The minimum atomic E-state index is 0.128. The maximum Gasteiger partial charge on any atom is 0.101 e. The summed E-state index contributed by atoms with van der Waals surface area (Å²) in [6.07, 6.45) is 1.76. The van der Waals surface area contributed by atoms with Gasteiger partial charge in [-0.3, -0.25) is 9.88 Å². The maximum absolute atomic E-state index is 9.85. The molecule has 7 nitrogen and oxygen atoms in total. The Hall–Kier alpha value is -3.18. The second-order valence-corrected chi connectivity index (χ2v) is 9.70. The number of aliphatic hydroxyl groups excluding tert-OH is 1. The number of benzene rings is 2. The van der Waals surface area contributed by atoms with E-state index in [1.54, 1.807) is 6.20 Å². The molecule has 2 fully saturated rings. The third-order valence-electron chi connectivity index (χ3n) is 7.78. The topological polar surface area (TPSA) is 78.7 Å². The Morgan fingerprint density at radius 1 is 1.21 bits per heavy atom. The van der Waals surface area contributed by atoms with E-state index in [0.29, 0.717) is 17.6 Å². The third-order valence-corrected chi connectivity index (χ3v) is 7.78. The molecular formula is C27H30N6O. The Bertz CT molecular complexity index is 1270. The highest BCUT2D eigenvalue weighted by Crippen LogP contribution is 2.42. The van der Waals surface area contributed by atoms with E-state index in [2.05, 4.69) is 68.3 Å². The van der Waals surface area contributed by atoms with Gasteiger partial charge in [-0.15, -0.1) is 0 Å². The van der Waals surface area contributed by atoms with Gasteiger partial charge in [0.15, 0.2) is 0 Å². The van der Waals surface area contributed by atoms with Crippen LogP contribution in [-0.4, -0.2) is 66.4 Å². The van der Waals surface area contributed by atoms with Crippen LogP contribution in [0.2, 0.25) is 0 Å². The summed E-state index contributed by atoms with van der Waals surface area (Å²) < 4.78 is 0. The molecule has 2 aromatic carbocycles. The second kappa shape index (κ2) is 8.55. The van der Waals surface area contributed by atoms with Crippen LogP contribution in [0.25, 0.3) is 10.9 Å². The molecule has 6 rings (SSSR count).